The first-order valence-electron chi connectivity index (χ1n) is 6.31. The number of halogens is 1. The molecule has 1 aliphatic rings. The standard InChI is InChI=1S/C13H16ClN3O3/c14-10-5-4-8(18)7-9(10)13(19)17-6-2-1-3-11(17)12(15)16-20/h4-5,7,11,18,20H,1-3,6H2,(H2,15,16). The zero-order chi connectivity index (χ0) is 14.7. The fourth-order valence-electron chi connectivity index (χ4n) is 2.38. The molecule has 2 rings (SSSR count). The summed E-state index contributed by atoms with van der Waals surface area (Å²) in [5.41, 5.74) is 5.86. The van der Waals surface area contributed by atoms with Crippen molar-refractivity contribution in [1.82, 2.24) is 4.90 Å². The van der Waals surface area contributed by atoms with E-state index in [0.29, 0.717) is 13.0 Å². The van der Waals surface area contributed by atoms with E-state index >= 15 is 0 Å². The van der Waals surface area contributed by atoms with Crippen molar-refractivity contribution in [3.63, 3.8) is 0 Å². The number of carbonyl (C=O) groups is 1. The maximum Gasteiger partial charge on any atom is 0.256 e. The number of nitrogens with two attached hydrogens (primary N) is 1. The van der Waals surface area contributed by atoms with Gasteiger partial charge in [0, 0.05) is 6.54 Å². The van der Waals surface area contributed by atoms with E-state index in [2.05, 4.69) is 5.16 Å². The molecule has 0 aromatic heterocycles. The van der Waals surface area contributed by atoms with Crippen LogP contribution in [0.2, 0.25) is 5.02 Å². The Kier molecular flexibility index (Phi) is 4.34. The van der Waals surface area contributed by atoms with Crippen molar-refractivity contribution in [2.45, 2.75) is 25.3 Å². The van der Waals surface area contributed by atoms with Crippen LogP contribution in [-0.4, -0.2) is 39.5 Å². The number of piperidine rings is 1. The van der Waals surface area contributed by atoms with Gasteiger partial charge >= 0.3 is 0 Å². The number of rotatable bonds is 2. The Hall–Kier alpha value is -1.95. The molecule has 0 radical (unpaired) electrons. The fraction of sp³-hybridized carbons (Fsp3) is 0.385. The second-order valence-electron chi connectivity index (χ2n) is 4.70. The maximum atomic E-state index is 12.5. The monoisotopic (exact) mass is 297 g/mol. The number of hydrogen-bond acceptors (Lipinski definition) is 4. The zero-order valence-electron chi connectivity index (χ0n) is 10.8. The van der Waals surface area contributed by atoms with E-state index in [1.807, 2.05) is 0 Å². The van der Waals surface area contributed by atoms with Crippen molar-refractivity contribution in [2.75, 3.05) is 6.54 Å². The minimum atomic E-state index is -0.445. The average molecular weight is 298 g/mol. The number of carbonyl (C=O) groups excluding carboxylic acids is 1. The van der Waals surface area contributed by atoms with Crippen molar-refractivity contribution in [1.29, 1.82) is 0 Å². The molecule has 108 valence electrons. The van der Waals surface area contributed by atoms with Gasteiger partial charge < -0.3 is 20.9 Å². The lowest BCUT2D eigenvalue weighted by Crippen LogP contribution is -2.50. The van der Waals surface area contributed by atoms with Crippen molar-refractivity contribution in [3.8, 4) is 5.75 Å². The van der Waals surface area contributed by atoms with Crippen LogP contribution in [0.5, 0.6) is 5.75 Å². The first-order chi connectivity index (χ1) is 9.54. The topological polar surface area (TPSA) is 99.2 Å². The molecule has 7 heteroatoms. The molecule has 1 aromatic carbocycles. The number of aromatic hydroxyl groups is 1. The number of hydrogen-bond donors (Lipinski definition) is 3. The summed E-state index contributed by atoms with van der Waals surface area (Å²) in [4.78, 5) is 14.1. The van der Waals surface area contributed by atoms with Crippen molar-refractivity contribution in [3.05, 3.63) is 28.8 Å². The molecular formula is C13H16ClN3O3. The van der Waals surface area contributed by atoms with Crippen LogP contribution >= 0.6 is 11.6 Å². The highest BCUT2D eigenvalue weighted by molar-refractivity contribution is 6.34. The largest absolute Gasteiger partial charge is 0.508 e. The van der Waals surface area contributed by atoms with Crippen molar-refractivity contribution < 1.29 is 15.1 Å². The Morgan fingerprint density at radius 3 is 2.90 bits per heavy atom. The molecule has 1 heterocycles. The second kappa shape index (κ2) is 6.00. The summed E-state index contributed by atoms with van der Waals surface area (Å²) in [5.74, 6) is -0.355. The number of benzene rings is 1. The number of likely N-dealkylation sites (tertiary alicyclic amines) is 1. The molecule has 6 nitrogen and oxygen atoms in total. The van der Waals surface area contributed by atoms with Gasteiger partial charge in [-0.3, -0.25) is 4.79 Å². The van der Waals surface area contributed by atoms with E-state index in [-0.39, 0.29) is 28.1 Å². The molecule has 1 fully saturated rings. The Morgan fingerprint density at radius 2 is 2.20 bits per heavy atom. The van der Waals surface area contributed by atoms with Crippen LogP contribution in [0, 0.1) is 0 Å². The SMILES string of the molecule is N/C(=N/O)C1CCCCN1C(=O)c1cc(O)ccc1Cl. The van der Waals surface area contributed by atoms with Crippen LogP contribution in [0.1, 0.15) is 29.6 Å². The van der Waals surface area contributed by atoms with Crippen molar-refractivity contribution in [2.24, 2.45) is 10.9 Å². The van der Waals surface area contributed by atoms with Gasteiger partial charge in [0.15, 0.2) is 5.84 Å². The van der Waals surface area contributed by atoms with E-state index in [0.717, 1.165) is 12.8 Å². The number of oxime groups is 1. The van der Waals surface area contributed by atoms with E-state index in [4.69, 9.17) is 22.5 Å². The zero-order valence-corrected chi connectivity index (χ0v) is 11.5. The average Bonchev–Trinajstić information content (AvgIpc) is 2.48. The number of phenolic OH excluding ortho intramolecular Hbond substituents is 1. The van der Waals surface area contributed by atoms with E-state index in [9.17, 15) is 9.90 Å². The summed E-state index contributed by atoms with van der Waals surface area (Å²) in [6.45, 7) is 0.506. The summed E-state index contributed by atoms with van der Waals surface area (Å²) in [5, 5.41) is 21.6. The molecule has 20 heavy (non-hydrogen) atoms. The molecule has 0 saturated carbocycles. The second-order valence-corrected chi connectivity index (χ2v) is 5.11. The Labute approximate surface area is 121 Å². The number of amidine groups is 1. The molecule has 1 aromatic rings. The quantitative estimate of drug-likeness (QED) is 0.335. The summed E-state index contributed by atoms with van der Waals surface area (Å²) < 4.78 is 0. The van der Waals surface area contributed by atoms with E-state index in [1.54, 1.807) is 0 Å². The van der Waals surface area contributed by atoms with Crippen LogP contribution in [0.25, 0.3) is 0 Å². The lowest BCUT2D eigenvalue weighted by Gasteiger charge is -2.35. The first-order valence-corrected chi connectivity index (χ1v) is 6.69. The molecule has 0 spiro atoms. The van der Waals surface area contributed by atoms with Gasteiger partial charge in [0.05, 0.1) is 16.6 Å². The van der Waals surface area contributed by atoms with Gasteiger partial charge in [-0.1, -0.05) is 16.8 Å². The molecule has 1 unspecified atom stereocenters. The summed E-state index contributed by atoms with van der Waals surface area (Å²) in [7, 11) is 0. The molecule has 1 saturated heterocycles. The normalized spacial score (nSPS) is 19.9. The molecule has 4 N–H and O–H groups in total. The van der Waals surface area contributed by atoms with E-state index in [1.165, 1.54) is 23.1 Å². The third-order valence-electron chi connectivity index (χ3n) is 3.40. The molecule has 0 bridgehead atoms. The van der Waals surface area contributed by atoms with Gasteiger partial charge in [-0.25, -0.2) is 0 Å². The van der Waals surface area contributed by atoms with Gasteiger partial charge in [0.2, 0.25) is 0 Å². The molecule has 0 aliphatic carbocycles. The van der Waals surface area contributed by atoms with Crippen LogP contribution < -0.4 is 5.73 Å². The lowest BCUT2D eigenvalue weighted by molar-refractivity contribution is 0.0676. The fourth-order valence-corrected chi connectivity index (χ4v) is 2.58. The van der Waals surface area contributed by atoms with Crippen LogP contribution in [0.4, 0.5) is 0 Å². The predicted molar refractivity (Wildman–Crippen MR) is 75.2 cm³/mol. The Balaban J connectivity index is 2.32. The maximum absolute atomic E-state index is 12.5. The molecule has 1 atom stereocenters. The number of amides is 1. The van der Waals surface area contributed by atoms with Gasteiger partial charge in [-0.2, -0.15) is 0 Å². The summed E-state index contributed by atoms with van der Waals surface area (Å²) in [6, 6.07) is 3.76. The first kappa shape index (κ1) is 14.5. The minimum absolute atomic E-state index is 0.00863. The third-order valence-corrected chi connectivity index (χ3v) is 3.73. The third kappa shape index (κ3) is 2.80. The highest BCUT2D eigenvalue weighted by atomic mass is 35.5. The Morgan fingerprint density at radius 1 is 1.45 bits per heavy atom. The molecule has 1 amide bonds. The van der Waals surface area contributed by atoms with Gasteiger partial charge in [0.25, 0.3) is 5.91 Å². The van der Waals surface area contributed by atoms with Gasteiger partial charge in [-0.05, 0) is 37.5 Å². The van der Waals surface area contributed by atoms with Gasteiger partial charge in [0.1, 0.15) is 5.75 Å². The highest BCUT2D eigenvalue weighted by Crippen LogP contribution is 2.26. The van der Waals surface area contributed by atoms with Crippen LogP contribution in [-0.2, 0) is 0 Å². The smallest absolute Gasteiger partial charge is 0.256 e. The minimum Gasteiger partial charge on any atom is -0.508 e. The number of nitrogens with zero attached hydrogens (tertiary/aromatic N) is 2. The lowest BCUT2D eigenvalue weighted by atomic mass is 10.00. The van der Waals surface area contributed by atoms with Crippen LogP contribution in [0.3, 0.4) is 0 Å². The number of phenols is 1. The van der Waals surface area contributed by atoms with Gasteiger partial charge in [-0.15, -0.1) is 0 Å². The molecule has 1 aliphatic heterocycles. The van der Waals surface area contributed by atoms with E-state index < -0.39 is 6.04 Å². The predicted octanol–water partition coefficient (Wildman–Crippen LogP) is 1.79. The van der Waals surface area contributed by atoms with Crippen molar-refractivity contribution >= 4 is 23.3 Å². The molecular weight excluding hydrogens is 282 g/mol. The highest BCUT2D eigenvalue weighted by Gasteiger charge is 2.31. The summed E-state index contributed by atoms with van der Waals surface area (Å²) in [6.07, 6.45) is 2.38. The Bertz CT molecular complexity index is 548. The summed E-state index contributed by atoms with van der Waals surface area (Å²) >= 11 is 6.00. The van der Waals surface area contributed by atoms with Crippen LogP contribution in [0.15, 0.2) is 23.4 Å².